The number of nitrogens with two attached hydrogens (primary N) is 1. The minimum atomic E-state index is -0.186. The average molecular weight is 224 g/mol. The summed E-state index contributed by atoms with van der Waals surface area (Å²) in [7, 11) is 0. The first kappa shape index (κ1) is 11.9. The highest BCUT2D eigenvalue weighted by Gasteiger charge is 2.46. The Labute approximate surface area is 98.4 Å². The van der Waals surface area contributed by atoms with E-state index in [4.69, 9.17) is 5.73 Å². The number of likely N-dealkylation sites (tertiary alicyclic amines) is 1. The molecule has 0 radical (unpaired) electrons. The lowest BCUT2D eigenvalue weighted by atomic mass is 9.67. The quantitative estimate of drug-likeness (QED) is 0.777. The van der Waals surface area contributed by atoms with Gasteiger partial charge in [-0.15, -0.1) is 0 Å². The molecule has 92 valence electrons. The van der Waals surface area contributed by atoms with Crippen LogP contribution in [-0.2, 0) is 4.79 Å². The summed E-state index contributed by atoms with van der Waals surface area (Å²) in [5.74, 6) is 1.09. The highest BCUT2D eigenvalue weighted by molar-refractivity contribution is 5.84. The highest BCUT2D eigenvalue weighted by atomic mass is 16.2. The van der Waals surface area contributed by atoms with Crippen LogP contribution in [0.15, 0.2) is 0 Å². The number of hydrogen-bond donors (Lipinski definition) is 1. The summed E-state index contributed by atoms with van der Waals surface area (Å²) in [6.07, 6.45) is 5.47. The lowest BCUT2D eigenvalue weighted by Gasteiger charge is -2.46. The summed E-state index contributed by atoms with van der Waals surface area (Å²) in [6.45, 7) is 5.92. The largest absolute Gasteiger partial charge is 0.339 e. The van der Waals surface area contributed by atoms with Crippen LogP contribution >= 0.6 is 0 Å². The third kappa shape index (κ3) is 1.86. The zero-order chi connectivity index (χ0) is 11.8. The zero-order valence-electron chi connectivity index (χ0n) is 10.5. The van der Waals surface area contributed by atoms with Crippen molar-refractivity contribution >= 4 is 5.91 Å². The first-order chi connectivity index (χ1) is 7.59. The van der Waals surface area contributed by atoms with E-state index in [0.29, 0.717) is 18.5 Å². The van der Waals surface area contributed by atoms with Crippen molar-refractivity contribution in [3.8, 4) is 0 Å². The summed E-state index contributed by atoms with van der Waals surface area (Å²) in [5, 5.41) is 0. The normalized spacial score (nSPS) is 33.3. The first-order valence-corrected chi connectivity index (χ1v) is 6.60. The molecule has 3 nitrogen and oxygen atoms in total. The molecule has 0 aromatic heterocycles. The lowest BCUT2D eigenvalue weighted by molar-refractivity contribution is -0.150. The van der Waals surface area contributed by atoms with Gasteiger partial charge >= 0.3 is 0 Å². The Morgan fingerprint density at radius 2 is 2.12 bits per heavy atom. The van der Waals surface area contributed by atoms with E-state index >= 15 is 0 Å². The minimum Gasteiger partial charge on any atom is -0.339 e. The second kappa shape index (κ2) is 4.36. The van der Waals surface area contributed by atoms with Crippen molar-refractivity contribution in [2.24, 2.45) is 17.1 Å². The van der Waals surface area contributed by atoms with Gasteiger partial charge in [-0.2, -0.15) is 0 Å². The molecule has 0 aromatic rings. The molecule has 1 heterocycles. The smallest absolute Gasteiger partial charge is 0.230 e. The molecule has 2 fully saturated rings. The molecule has 2 aliphatic rings. The van der Waals surface area contributed by atoms with E-state index in [1.165, 1.54) is 6.42 Å². The number of nitrogens with zero attached hydrogens (tertiary/aromatic N) is 1. The molecule has 2 unspecified atom stereocenters. The Bertz CT molecular complexity index is 268. The van der Waals surface area contributed by atoms with Crippen LogP contribution in [0.4, 0.5) is 0 Å². The van der Waals surface area contributed by atoms with Crippen molar-refractivity contribution in [1.29, 1.82) is 0 Å². The van der Waals surface area contributed by atoms with Crippen molar-refractivity contribution in [3.05, 3.63) is 0 Å². The number of piperidine rings is 1. The number of rotatable bonds is 2. The van der Waals surface area contributed by atoms with Crippen LogP contribution in [0, 0.1) is 11.3 Å². The van der Waals surface area contributed by atoms with E-state index in [1.807, 2.05) is 0 Å². The van der Waals surface area contributed by atoms with Crippen LogP contribution in [0.5, 0.6) is 0 Å². The van der Waals surface area contributed by atoms with Crippen molar-refractivity contribution < 1.29 is 4.79 Å². The highest BCUT2D eigenvalue weighted by Crippen LogP contribution is 2.42. The second-order valence-corrected chi connectivity index (χ2v) is 5.82. The molecule has 1 saturated heterocycles. The van der Waals surface area contributed by atoms with Gasteiger partial charge < -0.3 is 10.6 Å². The third-order valence-electron chi connectivity index (χ3n) is 4.55. The maximum absolute atomic E-state index is 12.5. The monoisotopic (exact) mass is 224 g/mol. The maximum atomic E-state index is 12.5. The van der Waals surface area contributed by atoms with Crippen LogP contribution < -0.4 is 5.73 Å². The molecule has 1 saturated carbocycles. The molecule has 1 aliphatic carbocycles. The van der Waals surface area contributed by atoms with Gasteiger partial charge in [-0.25, -0.2) is 0 Å². The standard InChI is InChI=1S/C13H24N2O/c1-10-4-7-15(11(2)8-10)12(16)13(9-14)5-3-6-13/h10-11H,3-9,14H2,1-2H3. The Morgan fingerprint density at radius 1 is 1.44 bits per heavy atom. The van der Waals surface area contributed by atoms with Crippen molar-refractivity contribution in [2.75, 3.05) is 13.1 Å². The molecule has 16 heavy (non-hydrogen) atoms. The third-order valence-corrected chi connectivity index (χ3v) is 4.55. The summed E-state index contributed by atoms with van der Waals surface area (Å²) in [4.78, 5) is 14.6. The van der Waals surface area contributed by atoms with Gasteiger partial charge in [0.05, 0.1) is 5.41 Å². The fraction of sp³-hybridized carbons (Fsp3) is 0.923. The first-order valence-electron chi connectivity index (χ1n) is 6.60. The van der Waals surface area contributed by atoms with Gasteiger partial charge in [-0.3, -0.25) is 4.79 Å². The van der Waals surface area contributed by atoms with Gasteiger partial charge in [0.1, 0.15) is 0 Å². The number of carbonyl (C=O) groups excluding carboxylic acids is 1. The van der Waals surface area contributed by atoms with E-state index in [-0.39, 0.29) is 5.41 Å². The molecule has 0 spiro atoms. The Kier molecular flexibility index (Phi) is 3.24. The summed E-state index contributed by atoms with van der Waals surface area (Å²) in [5.41, 5.74) is 5.62. The zero-order valence-corrected chi connectivity index (χ0v) is 10.5. The van der Waals surface area contributed by atoms with Crippen LogP contribution in [0.1, 0.15) is 46.0 Å². The van der Waals surface area contributed by atoms with Crippen LogP contribution in [0.3, 0.4) is 0 Å². The van der Waals surface area contributed by atoms with Crippen LogP contribution in [0.2, 0.25) is 0 Å². The second-order valence-electron chi connectivity index (χ2n) is 5.82. The number of hydrogen-bond acceptors (Lipinski definition) is 2. The maximum Gasteiger partial charge on any atom is 0.230 e. The van der Waals surface area contributed by atoms with Crippen molar-refractivity contribution in [3.63, 3.8) is 0 Å². The SMILES string of the molecule is CC1CCN(C(=O)C2(CN)CCC2)C(C)C1. The van der Waals surface area contributed by atoms with Crippen LogP contribution in [0.25, 0.3) is 0 Å². The molecule has 2 N–H and O–H groups in total. The van der Waals surface area contributed by atoms with Crippen molar-refractivity contribution in [1.82, 2.24) is 4.90 Å². The fourth-order valence-electron chi connectivity index (χ4n) is 3.12. The minimum absolute atomic E-state index is 0.186. The molecule has 0 aromatic carbocycles. The van der Waals surface area contributed by atoms with E-state index < -0.39 is 0 Å². The topological polar surface area (TPSA) is 46.3 Å². The summed E-state index contributed by atoms with van der Waals surface area (Å²) >= 11 is 0. The fourth-order valence-corrected chi connectivity index (χ4v) is 3.12. The van der Waals surface area contributed by atoms with Crippen LogP contribution in [-0.4, -0.2) is 29.9 Å². The van der Waals surface area contributed by atoms with E-state index in [9.17, 15) is 4.79 Å². The molecule has 0 bridgehead atoms. The van der Waals surface area contributed by atoms with Crippen molar-refractivity contribution in [2.45, 2.75) is 52.0 Å². The summed E-state index contributed by atoms with van der Waals surface area (Å²) in [6, 6.07) is 0.403. The van der Waals surface area contributed by atoms with Gasteiger partial charge in [-0.05, 0) is 38.5 Å². The number of amides is 1. The van der Waals surface area contributed by atoms with Gasteiger partial charge in [0.25, 0.3) is 0 Å². The average Bonchev–Trinajstić information content (AvgIpc) is 2.16. The number of carbonyl (C=O) groups is 1. The Hall–Kier alpha value is -0.570. The lowest BCUT2D eigenvalue weighted by Crippen LogP contribution is -2.56. The molecule has 1 aliphatic heterocycles. The van der Waals surface area contributed by atoms with Gasteiger partial charge in [-0.1, -0.05) is 13.3 Å². The van der Waals surface area contributed by atoms with Gasteiger partial charge in [0, 0.05) is 19.1 Å². The summed E-state index contributed by atoms with van der Waals surface area (Å²) < 4.78 is 0. The molecular formula is C13H24N2O. The van der Waals surface area contributed by atoms with E-state index in [1.54, 1.807) is 0 Å². The predicted molar refractivity (Wildman–Crippen MR) is 64.9 cm³/mol. The Balaban J connectivity index is 2.04. The Morgan fingerprint density at radius 3 is 2.56 bits per heavy atom. The van der Waals surface area contributed by atoms with E-state index in [2.05, 4.69) is 18.7 Å². The van der Waals surface area contributed by atoms with Gasteiger partial charge in [0.15, 0.2) is 0 Å². The van der Waals surface area contributed by atoms with E-state index in [0.717, 1.165) is 38.1 Å². The molecule has 2 rings (SSSR count). The molecule has 2 atom stereocenters. The predicted octanol–water partition coefficient (Wildman–Crippen LogP) is 1.76. The molecular weight excluding hydrogens is 200 g/mol. The van der Waals surface area contributed by atoms with Gasteiger partial charge in [0.2, 0.25) is 5.91 Å². The molecule has 3 heteroatoms. The molecule has 1 amide bonds.